The van der Waals surface area contributed by atoms with Crippen molar-refractivity contribution in [3.8, 4) is 11.8 Å². The molecule has 2 aromatic carbocycles. The van der Waals surface area contributed by atoms with Crippen LogP contribution >= 0.6 is 0 Å². The molecule has 106 valence electrons. The van der Waals surface area contributed by atoms with Crippen LogP contribution in [0.2, 0.25) is 0 Å². The molecule has 0 unspecified atom stereocenters. The van der Waals surface area contributed by atoms with Crippen LogP contribution in [0.1, 0.15) is 28.8 Å². The summed E-state index contributed by atoms with van der Waals surface area (Å²) in [6.45, 7) is 0.416. The van der Waals surface area contributed by atoms with Crippen LogP contribution in [0.5, 0.6) is 5.75 Å². The van der Waals surface area contributed by atoms with Gasteiger partial charge in [0.1, 0.15) is 11.6 Å². The largest absolute Gasteiger partial charge is 0.494 e. The molecule has 3 nitrogen and oxygen atoms in total. The lowest BCUT2D eigenvalue weighted by Gasteiger charge is -2.06. The van der Waals surface area contributed by atoms with Gasteiger partial charge >= 0.3 is 0 Å². The number of nitrogens with zero attached hydrogens (tertiary/aromatic N) is 1. The Morgan fingerprint density at radius 3 is 2.38 bits per heavy atom. The molecule has 0 fully saturated rings. The summed E-state index contributed by atoms with van der Waals surface area (Å²) in [6, 6.07) is 14.4. The third kappa shape index (κ3) is 4.43. The average molecular weight is 283 g/mol. The minimum absolute atomic E-state index is 0.0292. The Labute approximate surface area is 122 Å². The fourth-order valence-corrected chi connectivity index (χ4v) is 1.83. The normalized spacial score (nSPS) is 9.90. The molecule has 0 saturated carbocycles. The van der Waals surface area contributed by atoms with Crippen LogP contribution in [0.25, 0.3) is 0 Å². The summed E-state index contributed by atoms with van der Waals surface area (Å²) < 4.78 is 18.2. The van der Waals surface area contributed by atoms with Crippen LogP contribution in [0.4, 0.5) is 4.39 Å². The quantitative estimate of drug-likeness (QED) is 0.599. The Kier molecular flexibility index (Phi) is 5.05. The number of halogens is 1. The molecule has 0 saturated heterocycles. The van der Waals surface area contributed by atoms with E-state index in [9.17, 15) is 9.18 Å². The standard InChI is InChI=1S/C17H14FNO2/c18-15-7-5-14(6-8-15)17(20)2-1-11-21-16-9-3-13(12-19)4-10-16/h3-10H,1-2,11H2. The van der Waals surface area contributed by atoms with E-state index in [0.717, 1.165) is 0 Å². The Morgan fingerprint density at radius 1 is 1.10 bits per heavy atom. The predicted molar refractivity (Wildman–Crippen MR) is 76.6 cm³/mol. The van der Waals surface area contributed by atoms with Crippen molar-refractivity contribution >= 4 is 5.78 Å². The van der Waals surface area contributed by atoms with E-state index < -0.39 is 0 Å². The summed E-state index contributed by atoms with van der Waals surface area (Å²) in [5, 5.41) is 8.68. The van der Waals surface area contributed by atoms with Gasteiger partial charge < -0.3 is 4.74 Å². The monoisotopic (exact) mass is 283 g/mol. The third-order valence-corrected chi connectivity index (χ3v) is 2.97. The molecule has 0 N–H and O–H groups in total. The molecule has 21 heavy (non-hydrogen) atoms. The second kappa shape index (κ2) is 7.20. The summed E-state index contributed by atoms with van der Waals surface area (Å²) in [7, 11) is 0. The lowest BCUT2D eigenvalue weighted by molar-refractivity contribution is 0.0973. The maximum atomic E-state index is 12.7. The van der Waals surface area contributed by atoms with E-state index in [-0.39, 0.29) is 11.6 Å². The molecule has 4 heteroatoms. The molecular formula is C17H14FNO2. The molecule has 0 aliphatic rings. The van der Waals surface area contributed by atoms with Gasteiger partial charge in [0.05, 0.1) is 18.2 Å². The zero-order valence-corrected chi connectivity index (χ0v) is 11.4. The van der Waals surface area contributed by atoms with Gasteiger partial charge in [0.2, 0.25) is 0 Å². The van der Waals surface area contributed by atoms with Crippen molar-refractivity contribution in [3.05, 3.63) is 65.5 Å². The van der Waals surface area contributed by atoms with Gasteiger partial charge in [-0.2, -0.15) is 5.26 Å². The number of benzene rings is 2. The molecule has 0 aliphatic heterocycles. The van der Waals surface area contributed by atoms with Crippen molar-refractivity contribution in [2.45, 2.75) is 12.8 Å². The van der Waals surface area contributed by atoms with Crippen molar-refractivity contribution < 1.29 is 13.9 Å². The molecule has 2 aromatic rings. The van der Waals surface area contributed by atoms with Crippen LogP contribution < -0.4 is 4.74 Å². The van der Waals surface area contributed by atoms with Gasteiger partial charge in [-0.25, -0.2) is 4.39 Å². The second-order valence-corrected chi connectivity index (χ2v) is 4.52. The molecule has 0 bridgehead atoms. The topological polar surface area (TPSA) is 50.1 Å². The summed E-state index contributed by atoms with van der Waals surface area (Å²) in [6.07, 6.45) is 0.929. The third-order valence-electron chi connectivity index (χ3n) is 2.97. The Balaban J connectivity index is 1.75. The number of ether oxygens (including phenoxy) is 1. The molecule has 0 spiro atoms. The Morgan fingerprint density at radius 2 is 1.76 bits per heavy atom. The van der Waals surface area contributed by atoms with E-state index in [1.54, 1.807) is 24.3 Å². The first-order valence-electron chi connectivity index (χ1n) is 6.61. The van der Waals surface area contributed by atoms with Crippen molar-refractivity contribution in [1.82, 2.24) is 0 Å². The number of ketones is 1. The van der Waals surface area contributed by atoms with Crippen molar-refractivity contribution in [3.63, 3.8) is 0 Å². The highest BCUT2D eigenvalue weighted by atomic mass is 19.1. The number of hydrogen-bond acceptors (Lipinski definition) is 3. The van der Waals surface area contributed by atoms with Crippen molar-refractivity contribution in [1.29, 1.82) is 5.26 Å². The zero-order valence-electron chi connectivity index (χ0n) is 11.4. The Hall–Kier alpha value is -2.67. The molecule has 0 aliphatic carbocycles. The minimum Gasteiger partial charge on any atom is -0.494 e. The van der Waals surface area contributed by atoms with Crippen molar-refractivity contribution in [2.75, 3.05) is 6.61 Å². The summed E-state index contributed by atoms with van der Waals surface area (Å²) in [5.74, 6) is 0.289. The number of carbonyl (C=O) groups is 1. The first kappa shape index (κ1) is 14.7. The van der Waals surface area contributed by atoms with Gasteiger partial charge in [-0.3, -0.25) is 4.79 Å². The first-order valence-corrected chi connectivity index (χ1v) is 6.61. The van der Waals surface area contributed by atoms with Gasteiger partial charge in [0.25, 0.3) is 0 Å². The minimum atomic E-state index is -0.351. The molecule has 0 amide bonds. The zero-order chi connectivity index (χ0) is 15.1. The molecule has 2 rings (SSSR count). The van der Waals surface area contributed by atoms with Crippen LogP contribution in [-0.4, -0.2) is 12.4 Å². The van der Waals surface area contributed by atoms with Crippen molar-refractivity contribution in [2.24, 2.45) is 0 Å². The van der Waals surface area contributed by atoms with Crippen LogP contribution in [-0.2, 0) is 0 Å². The van der Waals surface area contributed by atoms with Crippen LogP contribution in [0.3, 0.4) is 0 Å². The second-order valence-electron chi connectivity index (χ2n) is 4.52. The maximum Gasteiger partial charge on any atom is 0.163 e. The molecule has 0 aromatic heterocycles. The van der Waals surface area contributed by atoms with Gasteiger partial charge in [0, 0.05) is 12.0 Å². The van der Waals surface area contributed by atoms with E-state index in [4.69, 9.17) is 10.00 Å². The average Bonchev–Trinajstić information content (AvgIpc) is 2.52. The number of Topliss-reactive ketones (excluding diaryl/α,β-unsaturated/α-hetero) is 1. The van der Waals surface area contributed by atoms with Crippen LogP contribution in [0.15, 0.2) is 48.5 Å². The first-order chi connectivity index (χ1) is 10.2. The number of hydrogen-bond donors (Lipinski definition) is 0. The summed E-state index contributed by atoms with van der Waals surface area (Å²) in [4.78, 5) is 11.8. The lowest BCUT2D eigenvalue weighted by atomic mass is 10.1. The highest BCUT2D eigenvalue weighted by molar-refractivity contribution is 5.95. The van der Waals surface area contributed by atoms with Gasteiger partial charge in [-0.1, -0.05) is 0 Å². The van der Waals surface area contributed by atoms with Gasteiger partial charge in [-0.15, -0.1) is 0 Å². The van der Waals surface area contributed by atoms with E-state index >= 15 is 0 Å². The van der Waals surface area contributed by atoms with E-state index in [0.29, 0.717) is 36.3 Å². The summed E-state index contributed by atoms with van der Waals surface area (Å²) in [5.41, 5.74) is 1.09. The van der Waals surface area contributed by atoms with Gasteiger partial charge in [0.15, 0.2) is 5.78 Å². The lowest BCUT2D eigenvalue weighted by Crippen LogP contribution is -2.04. The number of nitriles is 1. The molecule has 0 heterocycles. The summed E-state index contributed by atoms with van der Waals surface area (Å²) >= 11 is 0. The van der Waals surface area contributed by atoms with E-state index in [1.807, 2.05) is 6.07 Å². The fraction of sp³-hybridized carbons (Fsp3) is 0.176. The van der Waals surface area contributed by atoms with E-state index in [1.165, 1.54) is 24.3 Å². The van der Waals surface area contributed by atoms with Crippen LogP contribution in [0, 0.1) is 17.1 Å². The molecular weight excluding hydrogens is 269 g/mol. The Bertz CT molecular complexity index is 642. The fourth-order valence-electron chi connectivity index (χ4n) is 1.83. The predicted octanol–water partition coefficient (Wildman–Crippen LogP) is 3.74. The SMILES string of the molecule is N#Cc1ccc(OCCCC(=O)c2ccc(F)cc2)cc1. The van der Waals surface area contributed by atoms with E-state index in [2.05, 4.69) is 0 Å². The number of rotatable bonds is 6. The molecule has 0 radical (unpaired) electrons. The maximum absolute atomic E-state index is 12.7. The smallest absolute Gasteiger partial charge is 0.163 e. The number of carbonyl (C=O) groups excluding carboxylic acids is 1. The van der Waals surface area contributed by atoms with Gasteiger partial charge in [-0.05, 0) is 55.0 Å². The highest BCUT2D eigenvalue weighted by Crippen LogP contribution is 2.13. The molecule has 0 atom stereocenters. The highest BCUT2D eigenvalue weighted by Gasteiger charge is 2.05.